The second-order valence-electron chi connectivity index (χ2n) is 6.74. The highest BCUT2D eigenvalue weighted by molar-refractivity contribution is 5.81. The molecule has 0 aromatic rings. The van der Waals surface area contributed by atoms with Crippen LogP contribution >= 0.6 is 0 Å². The van der Waals surface area contributed by atoms with Gasteiger partial charge in [-0.15, -0.1) is 0 Å². The maximum Gasteiger partial charge on any atom is 0.328 e. The van der Waals surface area contributed by atoms with Crippen LogP contribution in [0.2, 0.25) is 0 Å². The highest BCUT2D eigenvalue weighted by Gasteiger charge is 2.27. The van der Waals surface area contributed by atoms with E-state index in [1.807, 2.05) is 19.1 Å². The van der Waals surface area contributed by atoms with Gasteiger partial charge < -0.3 is 10.2 Å². The first-order valence-electron chi connectivity index (χ1n) is 8.04. The normalized spacial score (nSPS) is 19.9. The summed E-state index contributed by atoms with van der Waals surface area (Å²) in [5.41, 5.74) is 4.26. The Morgan fingerprint density at radius 2 is 1.91 bits per heavy atom. The van der Waals surface area contributed by atoms with Crippen molar-refractivity contribution in [3.8, 4) is 0 Å². The molecule has 0 spiro atoms. The van der Waals surface area contributed by atoms with Gasteiger partial charge in [-0.3, -0.25) is 0 Å². The molecule has 0 aliphatic heterocycles. The molecular formula is C20H28O3. The maximum atomic E-state index is 10.5. The number of carboxylic acids is 1. The van der Waals surface area contributed by atoms with Crippen LogP contribution in [0, 0.1) is 5.41 Å². The van der Waals surface area contributed by atoms with Crippen molar-refractivity contribution in [3.63, 3.8) is 0 Å². The largest absolute Gasteiger partial charge is 0.478 e. The van der Waals surface area contributed by atoms with E-state index < -0.39 is 5.97 Å². The fraction of sp³-hybridized carbons (Fsp3) is 0.450. The molecule has 0 atom stereocenters. The molecule has 0 saturated carbocycles. The molecule has 1 aliphatic rings. The van der Waals surface area contributed by atoms with Crippen LogP contribution in [-0.2, 0) is 4.79 Å². The molecule has 3 nitrogen and oxygen atoms in total. The van der Waals surface area contributed by atoms with Gasteiger partial charge in [0.15, 0.2) is 0 Å². The third kappa shape index (κ3) is 6.41. The minimum Gasteiger partial charge on any atom is -0.478 e. The van der Waals surface area contributed by atoms with E-state index in [4.69, 9.17) is 5.11 Å². The van der Waals surface area contributed by atoms with Gasteiger partial charge >= 0.3 is 5.97 Å². The molecule has 1 rings (SSSR count). The lowest BCUT2D eigenvalue weighted by atomic mass is 9.72. The Bertz CT molecular complexity index is 584. The van der Waals surface area contributed by atoms with E-state index in [0.29, 0.717) is 5.57 Å². The van der Waals surface area contributed by atoms with Gasteiger partial charge in [0, 0.05) is 6.08 Å². The smallest absolute Gasteiger partial charge is 0.328 e. The number of carboxylic acid groups (broad SMARTS) is 1. The van der Waals surface area contributed by atoms with E-state index in [9.17, 15) is 9.90 Å². The average Bonchev–Trinajstić information content (AvgIpc) is 2.44. The van der Waals surface area contributed by atoms with Gasteiger partial charge in [0.25, 0.3) is 0 Å². The SMILES string of the molecule is CC(C=C/C=C(/C)C=CC1=C(CO)CCCC1(C)C)=CC(=O)O. The van der Waals surface area contributed by atoms with Crippen LogP contribution < -0.4 is 0 Å². The topological polar surface area (TPSA) is 57.5 Å². The van der Waals surface area contributed by atoms with Crippen LogP contribution in [0.1, 0.15) is 47.0 Å². The summed E-state index contributed by atoms with van der Waals surface area (Å²) >= 11 is 0. The van der Waals surface area contributed by atoms with Crippen molar-refractivity contribution in [2.24, 2.45) is 5.41 Å². The third-order valence-electron chi connectivity index (χ3n) is 4.16. The second-order valence-corrected chi connectivity index (χ2v) is 6.74. The number of carbonyl (C=O) groups is 1. The molecule has 0 heterocycles. The molecule has 1 aliphatic carbocycles. The molecule has 0 aromatic carbocycles. The van der Waals surface area contributed by atoms with Crippen LogP contribution in [0.5, 0.6) is 0 Å². The lowest BCUT2D eigenvalue weighted by molar-refractivity contribution is -0.131. The Morgan fingerprint density at radius 1 is 1.22 bits per heavy atom. The summed E-state index contributed by atoms with van der Waals surface area (Å²) in [6.07, 6.45) is 14.2. The average molecular weight is 316 g/mol. The zero-order valence-electron chi connectivity index (χ0n) is 14.6. The van der Waals surface area contributed by atoms with Crippen LogP contribution in [-0.4, -0.2) is 22.8 Å². The maximum absolute atomic E-state index is 10.5. The molecular weight excluding hydrogens is 288 g/mol. The summed E-state index contributed by atoms with van der Waals surface area (Å²) in [6, 6.07) is 0. The quantitative estimate of drug-likeness (QED) is 0.557. The van der Waals surface area contributed by atoms with Crippen LogP contribution in [0.15, 0.2) is 58.7 Å². The van der Waals surface area contributed by atoms with E-state index in [1.165, 1.54) is 11.6 Å². The molecule has 126 valence electrons. The zero-order valence-corrected chi connectivity index (χ0v) is 14.6. The predicted octanol–water partition coefficient (Wildman–Crippen LogP) is 4.58. The van der Waals surface area contributed by atoms with Gasteiger partial charge in [-0.2, -0.15) is 0 Å². The molecule has 2 N–H and O–H groups in total. The van der Waals surface area contributed by atoms with E-state index in [2.05, 4.69) is 26.0 Å². The highest BCUT2D eigenvalue weighted by atomic mass is 16.4. The minimum absolute atomic E-state index is 0.101. The van der Waals surface area contributed by atoms with Crippen LogP contribution in [0.4, 0.5) is 0 Å². The van der Waals surface area contributed by atoms with E-state index in [0.717, 1.165) is 30.4 Å². The molecule has 23 heavy (non-hydrogen) atoms. The number of aliphatic carboxylic acids is 1. The Labute approximate surface area is 139 Å². The van der Waals surface area contributed by atoms with Gasteiger partial charge in [-0.05, 0) is 55.2 Å². The summed E-state index contributed by atoms with van der Waals surface area (Å²) in [5.74, 6) is -0.934. The summed E-state index contributed by atoms with van der Waals surface area (Å²) < 4.78 is 0. The van der Waals surface area contributed by atoms with Crippen molar-refractivity contribution >= 4 is 5.97 Å². The van der Waals surface area contributed by atoms with Crippen LogP contribution in [0.3, 0.4) is 0 Å². The number of allylic oxidation sites excluding steroid dienone is 8. The van der Waals surface area contributed by atoms with Gasteiger partial charge in [0.1, 0.15) is 0 Å². The van der Waals surface area contributed by atoms with Gasteiger partial charge in [-0.1, -0.05) is 49.8 Å². The summed E-state index contributed by atoms with van der Waals surface area (Å²) in [7, 11) is 0. The monoisotopic (exact) mass is 316 g/mol. The zero-order chi connectivity index (χ0) is 17.5. The molecule has 0 amide bonds. The Morgan fingerprint density at radius 3 is 2.52 bits per heavy atom. The van der Waals surface area contributed by atoms with Crippen molar-refractivity contribution in [2.75, 3.05) is 6.61 Å². The Kier molecular flexibility index (Phi) is 7.24. The number of hydrogen-bond acceptors (Lipinski definition) is 2. The first kappa shape index (κ1) is 19.2. The number of hydrogen-bond donors (Lipinski definition) is 2. The predicted molar refractivity (Wildman–Crippen MR) is 95.2 cm³/mol. The number of rotatable bonds is 6. The van der Waals surface area contributed by atoms with Gasteiger partial charge in [-0.25, -0.2) is 4.79 Å². The number of aliphatic hydroxyl groups excluding tert-OH is 1. The minimum atomic E-state index is -0.934. The van der Waals surface area contributed by atoms with Crippen molar-refractivity contribution in [1.82, 2.24) is 0 Å². The standard InChI is InChI=1S/C20H28O3/c1-15(7-5-8-16(2)13-19(22)23)10-11-18-17(14-21)9-6-12-20(18,3)4/h5,7-8,10-11,13,21H,6,9,12,14H2,1-4H3,(H,22,23)/b8-5?,11-10?,15-7-,16-13?. The van der Waals surface area contributed by atoms with Crippen molar-refractivity contribution in [2.45, 2.75) is 47.0 Å². The first-order chi connectivity index (χ1) is 10.8. The molecule has 0 bridgehead atoms. The lowest BCUT2D eigenvalue weighted by Gasteiger charge is -2.33. The fourth-order valence-electron chi connectivity index (χ4n) is 2.86. The molecule has 3 heteroatoms. The molecule has 0 unspecified atom stereocenters. The highest BCUT2D eigenvalue weighted by Crippen LogP contribution is 2.40. The lowest BCUT2D eigenvalue weighted by Crippen LogP contribution is -2.21. The summed E-state index contributed by atoms with van der Waals surface area (Å²) in [6.45, 7) is 8.34. The molecule has 0 fully saturated rings. The van der Waals surface area contributed by atoms with E-state index in [-0.39, 0.29) is 12.0 Å². The van der Waals surface area contributed by atoms with Crippen LogP contribution in [0.25, 0.3) is 0 Å². The van der Waals surface area contributed by atoms with Gasteiger partial charge in [0.05, 0.1) is 6.61 Å². The Balaban J connectivity index is 2.86. The van der Waals surface area contributed by atoms with E-state index >= 15 is 0 Å². The second kappa shape index (κ2) is 8.68. The summed E-state index contributed by atoms with van der Waals surface area (Å²) in [4.78, 5) is 10.5. The van der Waals surface area contributed by atoms with Crippen molar-refractivity contribution in [1.29, 1.82) is 0 Å². The third-order valence-corrected chi connectivity index (χ3v) is 4.16. The first-order valence-corrected chi connectivity index (χ1v) is 8.04. The summed E-state index contributed by atoms with van der Waals surface area (Å²) in [5, 5.41) is 18.2. The number of aliphatic hydroxyl groups is 1. The fourth-order valence-corrected chi connectivity index (χ4v) is 2.86. The van der Waals surface area contributed by atoms with Crippen molar-refractivity contribution in [3.05, 3.63) is 58.7 Å². The van der Waals surface area contributed by atoms with Crippen molar-refractivity contribution < 1.29 is 15.0 Å². The molecule has 0 saturated heterocycles. The molecule has 0 radical (unpaired) electrons. The molecule has 0 aromatic heterocycles. The van der Waals surface area contributed by atoms with E-state index in [1.54, 1.807) is 13.0 Å². The van der Waals surface area contributed by atoms with Gasteiger partial charge in [0.2, 0.25) is 0 Å². The Hall–Kier alpha value is -1.87.